The average molecular weight is 388 g/mol. The van der Waals surface area contributed by atoms with E-state index < -0.39 is 0 Å². The zero-order chi connectivity index (χ0) is 19.2. The number of halogens is 1. The first kappa shape index (κ1) is 19.5. The van der Waals surface area contributed by atoms with Gasteiger partial charge in [-0.1, -0.05) is 17.7 Å². The van der Waals surface area contributed by atoms with Gasteiger partial charge in [0.05, 0.1) is 13.2 Å². The van der Waals surface area contributed by atoms with Crippen molar-refractivity contribution in [3.8, 4) is 5.75 Å². The van der Waals surface area contributed by atoms with Gasteiger partial charge in [-0.05, 0) is 55.8 Å². The SMILES string of the molecule is COc1ccc(N2CCCN(C(C)C(=O)Nc3cccc(Cl)c3)CC2)cc1. The minimum atomic E-state index is -0.195. The van der Waals surface area contributed by atoms with Gasteiger partial charge in [0.25, 0.3) is 0 Å². The highest BCUT2D eigenvalue weighted by atomic mass is 35.5. The van der Waals surface area contributed by atoms with Crippen molar-refractivity contribution in [3.05, 3.63) is 53.6 Å². The average Bonchev–Trinajstić information content (AvgIpc) is 2.93. The van der Waals surface area contributed by atoms with Crippen LogP contribution in [0.2, 0.25) is 5.02 Å². The Bertz CT molecular complexity index is 766. The topological polar surface area (TPSA) is 44.8 Å². The number of ether oxygens (including phenoxy) is 1. The fraction of sp³-hybridized carbons (Fsp3) is 0.381. The molecule has 2 aromatic rings. The lowest BCUT2D eigenvalue weighted by atomic mass is 10.2. The van der Waals surface area contributed by atoms with E-state index in [1.165, 1.54) is 5.69 Å². The fourth-order valence-corrected chi connectivity index (χ4v) is 3.55. The number of amides is 1. The summed E-state index contributed by atoms with van der Waals surface area (Å²) in [6.07, 6.45) is 1.01. The van der Waals surface area contributed by atoms with Crippen LogP contribution in [0.1, 0.15) is 13.3 Å². The first-order chi connectivity index (χ1) is 13.1. The summed E-state index contributed by atoms with van der Waals surface area (Å²) in [4.78, 5) is 17.2. The van der Waals surface area contributed by atoms with Gasteiger partial charge in [-0.2, -0.15) is 0 Å². The van der Waals surface area contributed by atoms with Gasteiger partial charge in [0, 0.05) is 42.6 Å². The number of methoxy groups -OCH3 is 1. The van der Waals surface area contributed by atoms with E-state index in [1.807, 2.05) is 31.2 Å². The van der Waals surface area contributed by atoms with Crippen molar-refractivity contribution in [1.29, 1.82) is 0 Å². The van der Waals surface area contributed by atoms with Gasteiger partial charge in [0.2, 0.25) is 5.91 Å². The molecular formula is C21H26ClN3O2. The van der Waals surface area contributed by atoms with Crippen LogP contribution >= 0.6 is 11.6 Å². The van der Waals surface area contributed by atoms with Crippen molar-refractivity contribution < 1.29 is 9.53 Å². The van der Waals surface area contributed by atoms with Crippen molar-refractivity contribution in [1.82, 2.24) is 4.90 Å². The Morgan fingerprint density at radius 1 is 1.11 bits per heavy atom. The summed E-state index contributed by atoms with van der Waals surface area (Å²) in [5.74, 6) is 0.858. The van der Waals surface area contributed by atoms with E-state index in [9.17, 15) is 4.79 Å². The summed E-state index contributed by atoms with van der Waals surface area (Å²) in [6.45, 7) is 5.57. The molecule has 6 heteroatoms. The molecule has 0 spiro atoms. The molecule has 27 heavy (non-hydrogen) atoms. The van der Waals surface area contributed by atoms with Crippen LogP contribution in [-0.4, -0.2) is 50.1 Å². The Morgan fingerprint density at radius 3 is 2.59 bits per heavy atom. The second kappa shape index (κ2) is 9.11. The van der Waals surface area contributed by atoms with Crippen LogP contribution in [0.3, 0.4) is 0 Å². The maximum Gasteiger partial charge on any atom is 0.241 e. The van der Waals surface area contributed by atoms with Crippen LogP contribution < -0.4 is 15.0 Å². The number of nitrogens with one attached hydrogen (secondary N) is 1. The third-order valence-electron chi connectivity index (χ3n) is 4.99. The molecule has 1 N–H and O–H groups in total. The molecule has 0 radical (unpaired) electrons. The van der Waals surface area contributed by atoms with E-state index in [0.29, 0.717) is 5.02 Å². The van der Waals surface area contributed by atoms with Crippen LogP contribution in [0.25, 0.3) is 0 Å². The van der Waals surface area contributed by atoms with Crippen molar-refractivity contribution >= 4 is 28.9 Å². The highest BCUT2D eigenvalue weighted by molar-refractivity contribution is 6.30. The molecule has 1 amide bonds. The third kappa shape index (κ3) is 5.15. The molecular weight excluding hydrogens is 362 g/mol. The molecule has 5 nitrogen and oxygen atoms in total. The van der Waals surface area contributed by atoms with E-state index >= 15 is 0 Å². The third-order valence-corrected chi connectivity index (χ3v) is 5.22. The Kier molecular flexibility index (Phi) is 6.58. The lowest BCUT2D eigenvalue weighted by molar-refractivity contribution is -0.120. The number of nitrogens with zero attached hydrogens (tertiary/aromatic N) is 2. The van der Waals surface area contributed by atoms with Gasteiger partial charge in [-0.3, -0.25) is 9.69 Å². The van der Waals surface area contributed by atoms with E-state index in [2.05, 4.69) is 27.2 Å². The largest absolute Gasteiger partial charge is 0.497 e. The summed E-state index contributed by atoms with van der Waals surface area (Å²) in [5.41, 5.74) is 1.92. The molecule has 2 aromatic carbocycles. The second-order valence-corrected chi connectivity index (χ2v) is 7.19. The Hall–Kier alpha value is -2.24. The lowest BCUT2D eigenvalue weighted by Gasteiger charge is -2.27. The molecule has 1 aliphatic rings. The highest BCUT2D eigenvalue weighted by Crippen LogP contribution is 2.21. The van der Waals surface area contributed by atoms with Crippen LogP contribution in [-0.2, 0) is 4.79 Å². The normalized spacial score (nSPS) is 16.5. The molecule has 1 saturated heterocycles. The van der Waals surface area contributed by atoms with Gasteiger partial charge < -0.3 is 15.0 Å². The Balaban J connectivity index is 1.58. The zero-order valence-electron chi connectivity index (χ0n) is 15.8. The summed E-state index contributed by atoms with van der Waals surface area (Å²) < 4.78 is 5.23. The number of carbonyl (C=O) groups is 1. The van der Waals surface area contributed by atoms with Gasteiger partial charge in [0.15, 0.2) is 0 Å². The molecule has 0 bridgehead atoms. The van der Waals surface area contributed by atoms with Crippen LogP contribution in [0.4, 0.5) is 11.4 Å². The van der Waals surface area contributed by atoms with Crippen molar-refractivity contribution in [2.24, 2.45) is 0 Å². The van der Waals surface area contributed by atoms with E-state index in [4.69, 9.17) is 16.3 Å². The zero-order valence-corrected chi connectivity index (χ0v) is 16.6. The molecule has 3 rings (SSSR count). The predicted molar refractivity (Wildman–Crippen MR) is 111 cm³/mol. The van der Waals surface area contributed by atoms with E-state index in [0.717, 1.165) is 44.0 Å². The van der Waals surface area contributed by atoms with Crippen LogP contribution in [0.5, 0.6) is 5.75 Å². The first-order valence-electron chi connectivity index (χ1n) is 9.26. The molecule has 0 saturated carbocycles. The number of benzene rings is 2. The fourth-order valence-electron chi connectivity index (χ4n) is 3.35. The van der Waals surface area contributed by atoms with E-state index in [1.54, 1.807) is 19.2 Å². The van der Waals surface area contributed by atoms with Crippen LogP contribution in [0, 0.1) is 0 Å². The van der Waals surface area contributed by atoms with Crippen molar-refractivity contribution in [2.45, 2.75) is 19.4 Å². The molecule has 0 aliphatic carbocycles. The maximum atomic E-state index is 12.6. The van der Waals surface area contributed by atoms with Gasteiger partial charge in [-0.25, -0.2) is 0 Å². The van der Waals surface area contributed by atoms with Gasteiger partial charge in [-0.15, -0.1) is 0 Å². The van der Waals surface area contributed by atoms with Crippen molar-refractivity contribution in [3.63, 3.8) is 0 Å². The minimum Gasteiger partial charge on any atom is -0.497 e. The monoisotopic (exact) mass is 387 g/mol. The molecule has 1 fully saturated rings. The Morgan fingerprint density at radius 2 is 1.89 bits per heavy atom. The number of hydrogen-bond acceptors (Lipinski definition) is 4. The smallest absolute Gasteiger partial charge is 0.241 e. The standard InChI is InChI=1S/C21H26ClN3O2/c1-16(21(26)23-18-6-3-5-17(22)15-18)24-11-4-12-25(14-13-24)19-7-9-20(27-2)10-8-19/h3,5-10,15-16H,4,11-14H2,1-2H3,(H,23,26). The van der Waals surface area contributed by atoms with Crippen LogP contribution in [0.15, 0.2) is 48.5 Å². The molecule has 1 atom stereocenters. The van der Waals surface area contributed by atoms with E-state index in [-0.39, 0.29) is 11.9 Å². The summed E-state index contributed by atoms with van der Waals surface area (Å²) >= 11 is 6.00. The Labute approximate surface area is 165 Å². The summed E-state index contributed by atoms with van der Waals surface area (Å²) in [5, 5.41) is 3.58. The number of anilines is 2. The lowest BCUT2D eigenvalue weighted by Crippen LogP contribution is -2.43. The molecule has 1 unspecified atom stereocenters. The minimum absolute atomic E-state index is 0.00448. The number of rotatable bonds is 5. The van der Waals surface area contributed by atoms with Gasteiger partial charge >= 0.3 is 0 Å². The summed E-state index contributed by atoms with van der Waals surface area (Å²) in [7, 11) is 1.68. The summed E-state index contributed by atoms with van der Waals surface area (Å²) in [6, 6.07) is 15.2. The molecule has 144 valence electrons. The predicted octanol–water partition coefficient (Wildman–Crippen LogP) is 3.89. The highest BCUT2D eigenvalue weighted by Gasteiger charge is 2.24. The van der Waals surface area contributed by atoms with Gasteiger partial charge in [0.1, 0.15) is 5.75 Å². The number of hydrogen-bond donors (Lipinski definition) is 1. The molecule has 1 aliphatic heterocycles. The second-order valence-electron chi connectivity index (χ2n) is 6.75. The maximum absolute atomic E-state index is 12.6. The quantitative estimate of drug-likeness (QED) is 0.845. The molecule has 1 heterocycles. The molecule has 0 aromatic heterocycles. The van der Waals surface area contributed by atoms with Crippen molar-refractivity contribution in [2.75, 3.05) is 43.5 Å². The number of carbonyl (C=O) groups excluding carboxylic acids is 1. The first-order valence-corrected chi connectivity index (χ1v) is 9.64.